The monoisotopic (exact) mass is 379 g/mol. The Balaban J connectivity index is 2.05. The molecule has 2 aromatic rings. The second-order valence-corrected chi connectivity index (χ2v) is 6.15. The Morgan fingerprint density at radius 3 is 1.85 bits per heavy atom. The number of hydrogen-bond donors (Lipinski definition) is 0. The molecule has 0 N–H and O–H groups in total. The summed E-state index contributed by atoms with van der Waals surface area (Å²) in [5.41, 5.74) is 1.55. The SMILES string of the molecule is CCN(CC)C(=O)c1ccc(/N=N/c2ccc(OS(=O)(=O)F)cc2)cc1. The van der Waals surface area contributed by atoms with Crippen molar-refractivity contribution in [1.29, 1.82) is 0 Å². The van der Waals surface area contributed by atoms with Crippen LogP contribution in [-0.2, 0) is 10.5 Å². The molecule has 0 aliphatic carbocycles. The Hall–Kier alpha value is -2.81. The van der Waals surface area contributed by atoms with Gasteiger partial charge in [0, 0.05) is 18.7 Å². The molecule has 2 aromatic carbocycles. The van der Waals surface area contributed by atoms with Crippen LogP contribution in [0.2, 0.25) is 0 Å². The number of hydrogen-bond acceptors (Lipinski definition) is 6. The lowest BCUT2D eigenvalue weighted by Gasteiger charge is -2.18. The molecule has 0 unspecified atom stereocenters. The van der Waals surface area contributed by atoms with Crippen molar-refractivity contribution in [2.45, 2.75) is 13.8 Å². The van der Waals surface area contributed by atoms with Crippen LogP contribution >= 0.6 is 0 Å². The van der Waals surface area contributed by atoms with E-state index >= 15 is 0 Å². The molecular weight excluding hydrogens is 361 g/mol. The summed E-state index contributed by atoms with van der Waals surface area (Å²) in [6.45, 7) is 5.12. The maximum atomic E-state index is 12.4. The summed E-state index contributed by atoms with van der Waals surface area (Å²) < 4.78 is 37.3. The predicted molar refractivity (Wildman–Crippen MR) is 95.0 cm³/mol. The van der Waals surface area contributed by atoms with E-state index in [1.165, 1.54) is 24.3 Å². The zero-order valence-electron chi connectivity index (χ0n) is 14.3. The molecule has 0 aliphatic rings. The minimum atomic E-state index is -5.05. The van der Waals surface area contributed by atoms with Gasteiger partial charge in [-0.25, -0.2) is 0 Å². The zero-order chi connectivity index (χ0) is 19.2. The highest BCUT2D eigenvalue weighted by molar-refractivity contribution is 7.81. The Bertz CT molecular complexity index is 877. The fraction of sp³-hybridized carbons (Fsp3) is 0.235. The van der Waals surface area contributed by atoms with Crippen molar-refractivity contribution in [3.05, 3.63) is 54.1 Å². The first-order valence-electron chi connectivity index (χ1n) is 7.87. The number of benzene rings is 2. The van der Waals surface area contributed by atoms with E-state index < -0.39 is 10.5 Å². The highest BCUT2D eigenvalue weighted by atomic mass is 32.3. The standard InChI is InChI=1S/C17H18FN3O4S/c1-3-21(4-2)17(22)13-5-7-14(8-6-13)19-20-15-9-11-16(12-10-15)25-26(18,23)24/h5-12H,3-4H2,1-2H3/b20-19+. The van der Waals surface area contributed by atoms with Crippen LogP contribution < -0.4 is 4.18 Å². The van der Waals surface area contributed by atoms with Gasteiger partial charge in [-0.15, -0.1) is 0 Å². The summed E-state index contributed by atoms with van der Waals surface area (Å²) in [6.07, 6.45) is 0. The van der Waals surface area contributed by atoms with Crippen molar-refractivity contribution < 1.29 is 21.3 Å². The summed E-state index contributed by atoms with van der Waals surface area (Å²) in [5.74, 6) is -0.206. The largest absolute Gasteiger partial charge is 0.488 e. The van der Waals surface area contributed by atoms with Crippen molar-refractivity contribution in [2.24, 2.45) is 10.2 Å². The molecule has 0 bridgehead atoms. The summed E-state index contributed by atoms with van der Waals surface area (Å²) >= 11 is 0. The first kappa shape index (κ1) is 19.5. The smallest absolute Gasteiger partial charge is 0.358 e. The fourth-order valence-electron chi connectivity index (χ4n) is 2.16. The number of rotatable bonds is 7. The summed E-state index contributed by atoms with van der Waals surface area (Å²) in [5, 5.41) is 8.02. The molecule has 0 spiro atoms. The second kappa shape index (κ2) is 8.52. The number of carbonyl (C=O) groups is 1. The second-order valence-electron chi connectivity index (χ2n) is 5.19. The van der Waals surface area contributed by atoms with E-state index in [-0.39, 0.29) is 11.7 Å². The number of halogens is 1. The van der Waals surface area contributed by atoms with E-state index in [0.717, 1.165) is 0 Å². The average Bonchev–Trinajstić information content (AvgIpc) is 2.61. The van der Waals surface area contributed by atoms with Gasteiger partial charge in [0.15, 0.2) is 0 Å². The maximum absolute atomic E-state index is 12.4. The van der Waals surface area contributed by atoms with Crippen LogP contribution in [0.4, 0.5) is 15.3 Å². The molecular formula is C17H18FN3O4S. The lowest BCUT2D eigenvalue weighted by Crippen LogP contribution is -2.30. The van der Waals surface area contributed by atoms with Gasteiger partial charge in [-0.2, -0.15) is 18.6 Å². The third kappa shape index (κ3) is 5.62. The predicted octanol–water partition coefficient (Wildman–Crippen LogP) is 4.18. The highest BCUT2D eigenvalue weighted by Gasteiger charge is 2.12. The molecule has 0 aromatic heterocycles. The molecule has 0 fully saturated rings. The quantitative estimate of drug-likeness (QED) is 0.533. The number of nitrogens with zero attached hydrogens (tertiary/aromatic N) is 3. The molecule has 138 valence electrons. The van der Waals surface area contributed by atoms with E-state index in [2.05, 4.69) is 14.4 Å². The van der Waals surface area contributed by atoms with Crippen LogP contribution in [0.25, 0.3) is 0 Å². The summed E-state index contributed by atoms with van der Waals surface area (Å²) in [7, 11) is -5.05. The molecule has 0 saturated heterocycles. The van der Waals surface area contributed by atoms with Crippen LogP contribution in [0.15, 0.2) is 58.8 Å². The third-order valence-corrected chi connectivity index (χ3v) is 3.87. The molecule has 7 nitrogen and oxygen atoms in total. The highest BCUT2D eigenvalue weighted by Crippen LogP contribution is 2.22. The lowest BCUT2D eigenvalue weighted by molar-refractivity contribution is 0.0773. The van der Waals surface area contributed by atoms with Gasteiger partial charge in [0.1, 0.15) is 5.75 Å². The van der Waals surface area contributed by atoms with Crippen molar-refractivity contribution in [1.82, 2.24) is 4.90 Å². The first-order valence-corrected chi connectivity index (χ1v) is 9.18. The van der Waals surface area contributed by atoms with Crippen LogP contribution in [0.5, 0.6) is 5.75 Å². The Labute approximate surface area is 151 Å². The van der Waals surface area contributed by atoms with Gasteiger partial charge in [0.05, 0.1) is 11.4 Å². The van der Waals surface area contributed by atoms with Gasteiger partial charge in [0.25, 0.3) is 5.91 Å². The van der Waals surface area contributed by atoms with Crippen LogP contribution in [-0.4, -0.2) is 32.3 Å². The van der Waals surface area contributed by atoms with E-state index in [1.807, 2.05) is 13.8 Å². The topological polar surface area (TPSA) is 88.4 Å². The number of amides is 1. The Kier molecular flexibility index (Phi) is 6.40. The van der Waals surface area contributed by atoms with Gasteiger partial charge in [0.2, 0.25) is 0 Å². The van der Waals surface area contributed by atoms with Gasteiger partial charge in [-0.3, -0.25) is 4.79 Å². The zero-order valence-corrected chi connectivity index (χ0v) is 15.1. The van der Waals surface area contributed by atoms with Crippen LogP contribution in [0, 0.1) is 0 Å². The van der Waals surface area contributed by atoms with Crippen molar-refractivity contribution in [3.8, 4) is 5.75 Å². The van der Waals surface area contributed by atoms with Gasteiger partial charge in [-0.05, 0) is 62.4 Å². The summed E-state index contributed by atoms with van der Waals surface area (Å²) in [6, 6.07) is 12.1. The molecule has 1 amide bonds. The molecule has 0 atom stereocenters. The Morgan fingerprint density at radius 2 is 1.42 bits per heavy atom. The van der Waals surface area contributed by atoms with Gasteiger partial charge < -0.3 is 9.08 Å². The number of carbonyl (C=O) groups excluding carboxylic acids is 1. The fourth-order valence-corrected chi connectivity index (χ4v) is 2.50. The van der Waals surface area contributed by atoms with Crippen molar-refractivity contribution >= 4 is 27.8 Å². The number of azo groups is 1. The molecule has 0 aliphatic heterocycles. The van der Waals surface area contributed by atoms with E-state index in [0.29, 0.717) is 30.0 Å². The van der Waals surface area contributed by atoms with Gasteiger partial charge in [-0.1, -0.05) is 3.89 Å². The first-order chi connectivity index (χ1) is 12.3. The minimum absolute atomic E-state index is 0.0445. The minimum Gasteiger partial charge on any atom is -0.358 e. The molecule has 26 heavy (non-hydrogen) atoms. The molecule has 0 radical (unpaired) electrons. The maximum Gasteiger partial charge on any atom is 0.488 e. The average molecular weight is 379 g/mol. The molecule has 9 heteroatoms. The van der Waals surface area contributed by atoms with Gasteiger partial charge >= 0.3 is 10.5 Å². The lowest BCUT2D eigenvalue weighted by atomic mass is 10.2. The van der Waals surface area contributed by atoms with Crippen molar-refractivity contribution in [3.63, 3.8) is 0 Å². The molecule has 0 heterocycles. The van der Waals surface area contributed by atoms with Crippen LogP contribution in [0.3, 0.4) is 0 Å². The van der Waals surface area contributed by atoms with E-state index in [4.69, 9.17) is 0 Å². The van der Waals surface area contributed by atoms with Crippen LogP contribution in [0.1, 0.15) is 24.2 Å². The van der Waals surface area contributed by atoms with E-state index in [9.17, 15) is 17.1 Å². The normalized spacial score (nSPS) is 11.5. The molecule has 2 rings (SSSR count). The third-order valence-electron chi connectivity index (χ3n) is 3.48. The summed E-state index contributed by atoms with van der Waals surface area (Å²) in [4.78, 5) is 13.9. The Morgan fingerprint density at radius 1 is 0.962 bits per heavy atom. The van der Waals surface area contributed by atoms with Crippen molar-refractivity contribution in [2.75, 3.05) is 13.1 Å². The van der Waals surface area contributed by atoms with E-state index in [1.54, 1.807) is 29.2 Å². The molecule has 0 saturated carbocycles.